The molecule has 0 saturated carbocycles. The second-order valence-electron chi connectivity index (χ2n) is 6.19. The number of sulfonamides is 1. The number of allylic oxidation sites excluding steroid dienone is 3. The second kappa shape index (κ2) is 12.1. The number of para-hydroxylation sites is 1. The molecule has 0 aromatic heterocycles. The number of carbonyl (C=O) groups excluding carboxylic acids is 1. The van der Waals surface area contributed by atoms with Crippen molar-refractivity contribution in [2.75, 3.05) is 18.4 Å². The van der Waals surface area contributed by atoms with Gasteiger partial charge in [0.1, 0.15) is 0 Å². The van der Waals surface area contributed by atoms with Crippen molar-refractivity contribution >= 4 is 21.6 Å². The second-order valence-corrected chi connectivity index (χ2v) is 8.12. The lowest BCUT2D eigenvalue weighted by atomic mass is 10.2. The van der Waals surface area contributed by atoms with Crippen molar-refractivity contribution in [3.8, 4) is 0 Å². The van der Waals surface area contributed by atoms with Gasteiger partial charge in [-0.15, -0.1) is 0 Å². The maximum absolute atomic E-state index is 13.1. The number of anilines is 1. The maximum Gasteiger partial charge on any atom is 0.255 e. The molecular weight excluding hydrogens is 372 g/mol. The lowest BCUT2D eigenvalue weighted by Gasteiger charge is -2.22. The molecule has 1 amide bonds. The van der Waals surface area contributed by atoms with E-state index in [4.69, 9.17) is 0 Å². The Hall–Kier alpha value is -2.44. The fourth-order valence-electron chi connectivity index (χ4n) is 2.50. The van der Waals surface area contributed by atoms with Crippen LogP contribution in [0.4, 0.5) is 5.69 Å². The highest BCUT2D eigenvalue weighted by molar-refractivity contribution is 7.93. The summed E-state index contributed by atoms with van der Waals surface area (Å²) in [6, 6.07) is 8.96. The molecule has 0 fully saturated rings. The smallest absolute Gasteiger partial charge is 0.255 e. The molecule has 0 heterocycles. The van der Waals surface area contributed by atoms with Crippen LogP contribution in [0.25, 0.3) is 0 Å². The number of rotatable bonds is 12. The van der Waals surface area contributed by atoms with Crippen molar-refractivity contribution in [3.63, 3.8) is 0 Å². The van der Waals surface area contributed by atoms with Crippen LogP contribution in [0.1, 0.15) is 33.1 Å². The highest BCUT2D eigenvalue weighted by Crippen LogP contribution is 2.19. The van der Waals surface area contributed by atoms with Crippen LogP contribution in [-0.2, 0) is 14.8 Å². The van der Waals surface area contributed by atoms with Gasteiger partial charge in [-0.2, -0.15) is 4.31 Å². The van der Waals surface area contributed by atoms with Crippen LogP contribution in [0.5, 0.6) is 0 Å². The highest BCUT2D eigenvalue weighted by Gasteiger charge is 2.25. The average molecular weight is 403 g/mol. The molecule has 152 valence electrons. The first-order valence-corrected chi connectivity index (χ1v) is 10.9. The van der Waals surface area contributed by atoms with Crippen molar-refractivity contribution in [1.29, 1.82) is 0 Å². The van der Waals surface area contributed by atoms with Gasteiger partial charge in [0, 0.05) is 24.4 Å². The third kappa shape index (κ3) is 6.94. The number of amides is 1. The Morgan fingerprint density at radius 2 is 1.79 bits per heavy atom. The summed E-state index contributed by atoms with van der Waals surface area (Å²) in [5.74, 6) is -0.429. The highest BCUT2D eigenvalue weighted by atomic mass is 32.2. The van der Waals surface area contributed by atoms with Gasteiger partial charge < -0.3 is 5.32 Å². The minimum Gasteiger partial charge on any atom is -0.322 e. The van der Waals surface area contributed by atoms with Gasteiger partial charge in [-0.1, -0.05) is 63.8 Å². The van der Waals surface area contributed by atoms with Gasteiger partial charge in [0.05, 0.1) is 4.91 Å². The number of nitrogens with zero attached hydrogens (tertiary/aromatic N) is 1. The number of benzene rings is 1. The van der Waals surface area contributed by atoms with Crippen LogP contribution in [0.15, 0.2) is 78.3 Å². The Bertz CT molecular complexity index is 825. The van der Waals surface area contributed by atoms with Crippen LogP contribution < -0.4 is 5.32 Å². The maximum atomic E-state index is 13.1. The van der Waals surface area contributed by atoms with Crippen molar-refractivity contribution < 1.29 is 13.2 Å². The van der Waals surface area contributed by atoms with Crippen molar-refractivity contribution in [2.45, 2.75) is 33.1 Å². The lowest BCUT2D eigenvalue weighted by Crippen LogP contribution is -2.33. The van der Waals surface area contributed by atoms with Crippen molar-refractivity contribution in [1.82, 2.24) is 4.31 Å². The Kier molecular flexibility index (Phi) is 10.2. The van der Waals surface area contributed by atoms with E-state index >= 15 is 0 Å². The fourth-order valence-corrected chi connectivity index (χ4v) is 4.14. The minimum atomic E-state index is -3.75. The van der Waals surface area contributed by atoms with E-state index in [0.717, 1.165) is 12.8 Å². The third-order valence-electron chi connectivity index (χ3n) is 3.97. The zero-order valence-electron chi connectivity index (χ0n) is 16.7. The van der Waals surface area contributed by atoms with Gasteiger partial charge in [-0.3, -0.25) is 4.79 Å². The van der Waals surface area contributed by atoms with Gasteiger partial charge in [-0.05, 0) is 37.1 Å². The molecule has 5 nitrogen and oxygen atoms in total. The van der Waals surface area contributed by atoms with Gasteiger partial charge in [0.2, 0.25) is 10.0 Å². The number of nitrogens with one attached hydrogen (secondary N) is 1. The molecule has 0 radical (unpaired) electrons. The third-order valence-corrected chi connectivity index (χ3v) is 5.86. The first kappa shape index (κ1) is 23.6. The molecule has 0 atom stereocenters. The molecule has 1 aromatic rings. The van der Waals surface area contributed by atoms with Gasteiger partial charge in [0.25, 0.3) is 5.91 Å². The number of hydrogen-bond acceptors (Lipinski definition) is 3. The summed E-state index contributed by atoms with van der Waals surface area (Å²) in [7, 11) is -3.75. The van der Waals surface area contributed by atoms with Gasteiger partial charge in [-0.25, -0.2) is 8.42 Å². The number of hydrogen-bond donors (Lipinski definition) is 1. The summed E-state index contributed by atoms with van der Waals surface area (Å²) in [5.41, 5.74) is 0.778. The zero-order valence-corrected chi connectivity index (χ0v) is 17.5. The summed E-state index contributed by atoms with van der Waals surface area (Å²) >= 11 is 0. The van der Waals surface area contributed by atoms with E-state index in [1.165, 1.54) is 28.6 Å². The topological polar surface area (TPSA) is 66.5 Å². The molecule has 0 aliphatic heterocycles. The lowest BCUT2D eigenvalue weighted by molar-refractivity contribution is -0.112. The first-order chi connectivity index (χ1) is 13.4. The van der Waals surface area contributed by atoms with Crippen LogP contribution in [0.2, 0.25) is 0 Å². The molecule has 1 aromatic carbocycles. The molecule has 28 heavy (non-hydrogen) atoms. The van der Waals surface area contributed by atoms with E-state index in [9.17, 15) is 13.2 Å². The molecule has 1 N–H and O–H groups in total. The van der Waals surface area contributed by atoms with Crippen molar-refractivity contribution in [2.24, 2.45) is 0 Å². The summed E-state index contributed by atoms with van der Waals surface area (Å²) in [6.07, 6.45) is 7.87. The van der Waals surface area contributed by atoms with Crippen molar-refractivity contribution in [3.05, 3.63) is 78.3 Å². The Balaban J connectivity index is 3.22. The summed E-state index contributed by atoms with van der Waals surface area (Å²) < 4.78 is 27.8. The Labute approximate surface area is 169 Å². The Morgan fingerprint density at radius 1 is 1.11 bits per heavy atom. The largest absolute Gasteiger partial charge is 0.322 e. The molecular formula is C22H30N2O3S. The number of carbonyl (C=O) groups is 1. The standard InChI is InChI=1S/C22H30N2O3S/c1-5-9-17-24(16-7-3)28(26,27)21(13-6-2)18-19(8-4)22(25)23-20-14-11-10-12-15-20/h6,8,10-15,18H,2,4-5,7,9,16-17H2,1,3H3,(H,23,25)/b19-18+,21-13+. The van der Waals surface area contributed by atoms with Crippen LogP contribution in [-0.4, -0.2) is 31.7 Å². The van der Waals surface area contributed by atoms with Crippen LogP contribution in [0, 0.1) is 0 Å². The summed E-state index contributed by atoms with van der Waals surface area (Å²) in [4.78, 5) is 12.6. The van der Waals surface area contributed by atoms with E-state index in [1.807, 2.05) is 19.9 Å². The van der Waals surface area contributed by atoms with Crippen LogP contribution in [0.3, 0.4) is 0 Å². The monoisotopic (exact) mass is 402 g/mol. The molecule has 0 spiro atoms. The van der Waals surface area contributed by atoms with Gasteiger partial charge in [0.15, 0.2) is 0 Å². The number of unbranched alkanes of at least 4 members (excludes halogenated alkanes) is 1. The van der Waals surface area contributed by atoms with E-state index in [-0.39, 0.29) is 10.5 Å². The van der Waals surface area contributed by atoms with E-state index in [0.29, 0.717) is 25.2 Å². The molecule has 0 aliphatic carbocycles. The van der Waals surface area contributed by atoms with E-state index < -0.39 is 15.9 Å². The first-order valence-electron chi connectivity index (χ1n) is 9.44. The van der Waals surface area contributed by atoms with E-state index in [1.54, 1.807) is 24.3 Å². The summed E-state index contributed by atoms with van der Waals surface area (Å²) in [6.45, 7) is 12.1. The predicted octanol–water partition coefficient (Wildman–Crippen LogP) is 4.65. The predicted molar refractivity (Wildman–Crippen MR) is 117 cm³/mol. The average Bonchev–Trinajstić information content (AvgIpc) is 2.68. The summed E-state index contributed by atoms with van der Waals surface area (Å²) in [5, 5.41) is 2.74. The quantitative estimate of drug-likeness (QED) is 0.409. The van der Waals surface area contributed by atoms with Gasteiger partial charge >= 0.3 is 0 Å². The molecule has 6 heteroatoms. The molecule has 0 aliphatic rings. The molecule has 0 unspecified atom stereocenters. The molecule has 0 bridgehead atoms. The van der Waals surface area contributed by atoms with E-state index in [2.05, 4.69) is 18.5 Å². The normalized spacial score (nSPS) is 12.7. The Morgan fingerprint density at radius 3 is 2.32 bits per heavy atom. The molecule has 1 rings (SSSR count). The SMILES string of the molecule is C=C/C=C(\C=C(/C=C)C(=O)Nc1ccccc1)S(=O)(=O)N(CCC)CCCC. The fraction of sp³-hybridized carbons (Fsp3) is 0.318. The zero-order chi connectivity index (χ0) is 21.0. The molecule has 0 saturated heterocycles. The minimum absolute atomic E-state index is 0.0187. The van der Waals surface area contributed by atoms with Crippen LogP contribution >= 0.6 is 0 Å².